The van der Waals surface area contributed by atoms with E-state index in [4.69, 9.17) is 18.6 Å². The van der Waals surface area contributed by atoms with Crippen molar-refractivity contribution in [2.45, 2.75) is 123 Å². The summed E-state index contributed by atoms with van der Waals surface area (Å²) < 4.78 is 23.4. The van der Waals surface area contributed by atoms with Gasteiger partial charge in [-0.15, -0.1) is 0 Å². The number of pyridine rings is 1. The third kappa shape index (κ3) is 10.3. The van der Waals surface area contributed by atoms with Crippen molar-refractivity contribution < 1.29 is 37.8 Å². The van der Waals surface area contributed by atoms with Crippen molar-refractivity contribution in [2.75, 3.05) is 12.4 Å². The average Bonchev–Trinajstić information content (AvgIpc) is 3.27. The maximum atomic E-state index is 13.2. The number of fused-ring (bicyclic) bond motifs is 2. The fourth-order valence-corrected chi connectivity index (χ4v) is 6.28. The number of nitrogens with zero attached hydrogens (tertiary/aromatic N) is 2. The number of aryl methyl sites for hydroxylation is 2. The maximum Gasteiger partial charge on any atom is 0.408 e. The summed E-state index contributed by atoms with van der Waals surface area (Å²) in [6, 6.07) is 6.89. The summed E-state index contributed by atoms with van der Waals surface area (Å²) in [5.74, 6) is 1.23. The van der Waals surface area contributed by atoms with E-state index >= 15 is 0 Å². The first kappa shape index (κ1) is 38.2. The zero-order chi connectivity index (χ0) is 37.8. The highest BCUT2D eigenvalue weighted by atomic mass is 16.6. The summed E-state index contributed by atoms with van der Waals surface area (Å²) in [5, 5.41) is 9.27. The zero-order valence-electron chi connectivity index (χ0n) is 31.4. The number of benzene rings is 1. The molecular formula is C39H51N5O8. The molecule has 1 saturated carbocycles. The lowest BCUT2D eigenvalue weighted by Crippen LogP contribution is -2.45. The predicted octanol–water partition coefficient (Wildman–Crippen LogP) is 6.80. The van der Waals surface area contributed by atoms with E-state index in [-0.39, 0.29) is 30.5 Å². The first-order valence-electron chi connectivity index (χ1n) is 17.8. The molecule has 1 aromatic carbocycles. The number of anilines is 1. The lowest BCUT2D eigenvalue weighted by atomic mass is 9.93. The Morgan fingerprint density at radius 1 is 1.00 bits per heavy atom. The monoisotopic (exact) mass is 717 g/mol. The van der Waals surface area contributed by atoms with Crippen LogP contribution in [0.25, 0.3) is 17.0 Å². The molecule has 0 radical (unpaired) electrons. The van der Waals surface area contributed by atoms with Gasteiger partial charge in [-0.3, -0.25) is 9.59 Å². The summed E-state index contributed by atoms with van der Waals surface area (Å²) in [5.41, 5.74) is 1.87. The topological polar surface area (TPSA) is 161 Å². The minimum absolute atomic E-state index is 0.00323. The van der Waals surface area contributed by atoms with Crippen molar-refractivity contribution in [3.8, 4) is 5.75 Å². The average molecular weight is 718 g/mol. The molecule has 5 rings (SSSR count). The highest BCUT2D eigenvalue weighted by molar-refractivity contribution is 5.97. The van der Waals surface area contributed by atoms with Crippen LogP contribution in [0.4, 0.5) is 15.4 Å². The second kappa shape index (κ2) is 15.7. The van der Waals surface area contributed by atoms with E-state index in [2.05, 4.69) is 20.9 Å². The molecule has 4 amide bonds. The second-order valence-electron chi connectivity index (χ2n) is 15.5. The van der Waals surface area contributed by atoms with Gasteiger partial charge in [-0.25, -0.2) is 14.6 Å². The standard InChI is InChI=1S/C39H51N5O8/c1-23-31(50-30-11-9-10-29(33(23)30)49-27-16-14-26(15-17-27)41-36(47)51-38(2,3)4)22-44(8)32(45)19-12-24-20-25-13-18-28(35(46)43-34(25)40-21-24)42-37(48)52-39(5,6)7/h9-12,19-21,26-28H,13-18,22H2,1-8H3,(H,41,47)(H,42,48)(H,40,43,46)/b19-12+/t26-,27-,28?. The molecule has 52 heavy (non-hydrogen) atoms. The molecule has 3 N–H and O–H groups in total. The van der Waals surface area contributed by atoms with Gasteiger partial charge in [0.25, 0.3) is 0 Å². The van der Waals surface area contributed by atoms with E-state index in [1.807, 2.05) is 52.0 Å². The minimum atomic E-state index is -0.766. The van der Waals surface area contributed by atoms with Crippen LogP contribution in [0.3, 0.4) is 0 Å². The number of furan rings is 1. The Bertz CT molecular complexity index is 1830. The van der Waals surface area contributed by atoms with E-state index in [0.29, 0.717) is 35.6 Å². The van der Waals surface area contributed by atoms with Crippen LogP contribution in [0.15, 0.2) is 41.0 Å². The molecule has 2 aliphatic rings. The first-order chi connectivity index (χ1) is 24.4. The van der Waals surface area contributed by atoms with Crippen molar-refractivity contribution >= 4 is 46.9 Å². The third-order valence-electron chi connectivity index (χ3n) is 8.82. The SMILES string of the molecule is Cc1c(CN(C)C(=O)/C=C/c2cnc3c(c2)CCC(NC(=O)OC(C)(C)C)C(=O)N3)oc2cccc(O[C@H]3CC[C@H](NC(=O)OC(C)(C)C)CC3)c12. The molecule has 1 aliphatic carbocycles. The number of aromatic nitrogens is 1. The number of hydrogen-bond acceptors (Lipinski definition) is 9. The van der Waals surface area contributed by atoms with E-state index in [9.17, 15) is 19.2 Å². The van der Waals surface area contributed by atoms with Crippen molar-refractivity contribution in [3.05, 3.63) is 59.0 Å². The smallest absolute Gasteiger partial charge is 0.408 e. The summed E-state index contributed by atoms with van der Waals surface area (Å²) >= 11 is 0. The maximum absolute atomic E-state index is 13.2. The Balaban J connectivity index is 1.17. The summed E-state index contributed by atoms with van der Waals surface area (Å²) in [4.78, 5) is 56.4. The molecule has 13 nitrogen and oxygen atoms in total. The molecule has 0 saturated heterocycles. The van der Waals surface area contributed by atoms with Gasteiger partial charge in [0, 0.05) is 30.9 Å². The quantitative estimate of drug-likeness (QED) is 0.213. The van der Waals surface area contributed by atoms with Gasteiger partial charge in [-0.05, 0) is 122 Å². The van der Waals surface area contributed by atoms with Crippen LogP contribution in [-0.4, -0.2) is 70.3 Å². The number of alkyl carbamates (subject to hydrolysis) is 2. The first-order valence-corrected chi connectivity index (χ1v) is 17.8. The minimum Gasteiger partial charge on any atom is -0.490 e. The van der Waals surface area contributed by atoms with Gasteiger partial charge in [0.15, 0.2) is 0 Å². The highest BCUT2D eigenvalue weighted by Crippen LogP contribution is 2.36. The third-order valence-corrected chi connectivity index (χ3v) is 8.82. The number of ether oxygens (including phenoxy) is 3. The molecular weight excluding hydrogens is 666 g/mol. The molecule has 1 atom stereocenters. The zero-order valence-corrected chi connectivity index (χ0v) is 31.4. The van der Waals surface area contributed by atoms with Crippen molar-refractivity contribution in [1.29, 1.82) is 0 Å². The predicted molar refractivity (Wildman–Crippen MR) is 197 cm³/mol. The van der Waals surface area contributed by atoms with Gasteiger partial charge < -0.3 is 39.5 Å². The number of carbonyl (C=O) groups excluding carboxylic acids is 4. The summed E-state index contributed by atoms with van der Waals surface area (Å²) in [6.45, 7) is 13.0. The molecule has 1 unspecified atom stereocenters. The number of nitrogens with one attached hydrogen (secondary N) is 3. The molecule has 3 heterocycles. The number of amides is 4. The molecule has 0 bridgehead atoms. The molecule has 1 fully saturated rings. The van der Waals surface area contributed by atoms with Gasteiger partial charge in [0.1, 0.15) is 40.2 Å². The van der Waals surface area contributed by atoms with Gasteiger partial charge in [0.05, 0.1) is 18.0 Å². The molecule has 280 valence electrons. The Morgan fingerprint density at radius 2 is 1.67 bits per heavy atom. The van der Waals surface area contributed by atoms with Crippen LogP contribution in [0.2, 0.25) is 0 Å². The highest BCUT2D eigenvalue weighted by Gasteiger charge is 2.29. The fourth-order valence-electron chi connectivity index (χ4n) is 6.28. The lowest BCUT2D eigenvalue weighted by Gasteiger charge is -2.30. The number of carbonyl (C=O) groups is 4. The Morgan fingerprint density at radius 3 is 2.35 bits per heavy atom. The van der Waals surface area contributed by atoms with E-state index in [1.54, 1.807) is 45.0 Å². The van der Waals surface area contributed by atoms with Crippen LogP contribution >= 0.6 is 0 Å². The molecule has 3 aromatic rings. The number of hydrogen-bond donors (Lipinski definition) is 3. The van der Waals surface area contributed by atoms with Gasteiger partial charge >= 0.3 is 12.2 Å². The van der Waals surface area contributed by atoms with E-state index in [1.165, 1.54) is 6.08 Å². The van der Waals surface area contributed by atoms with Crippen LogP contribution in [0.1, 0.15) is 96.1 Å². The fraction of sp³-hybridized carbons (Fsp3) is 0.513. The Hall–Kier alpha value is -5.07. The lowest BCUT2D eigenvalue weighted by molar-refractivity contribution is -0.125. The molecule has 13 heteroatoms. The van der Waals surface area contributed by atoms with Crippen LogP contribution in [-0.2, 0) is 32.0 Å². The van der Waals surface area contributed by atoms with Gasteiger partial charge in [-0.2, -0.15) is 0 Å². The summed E-state index contributed by atoms with van der Waals surface area (Å²) in [7, 11) is 1.71. The van der Waals surface area contributed by atoms with Crippen molar-refractivity contribution in [3.63, 3.8) is 0 Å². The number of rotatable bonds is 8. The van der Waals surface area contributed by atoms with Gasteiger partial charge in [-0.1, -0.05) is 6.07 Å². The van der Waals surface area contributed by atoms with Crippen LogP contribution in [0.5, 0.6) is 5.75 Å². The van der Waals surface area contributed by atoms with Crippen LogP contribution in [0, 0.1) is 6.92 Å². The van der Waals surface area contributed by atoms with Crippen molar-refractivity contribution in [2.24, 2.45) is 0 Å². The van der Waals surface area contributed by atoms with Crippen LogP contribution < -0.4 is 20.7 Å². The van der Waals surface area contributed by atoms with Gasteiger partial charge in [0.2, 0.25) is 11.8 Å². The largest absolute Gasteiger partial charge is 0.490 e. The molecule has 1 aliphatic heterocycles. The van der Waals surface area contributed by atoms with Crippen molar-refractivity contribution in [1.82, 2.24) is 20.5 Å². The normalized spacial score (nSPS) is 19.3. The molecule has 2 aromatic heterocycles. The van der Waals surface area contributed by atoms with E-state index in [0.717, 1.165) is 47.9 Å². The Kier molecular flexibility index (Phi) is 11.5. The second-order valence-corrected chi connectivity index (χ2v) is 15.5. The Labute approximate surface area is 304 Å². The number of likely N-dealkylation sites (N-methyl/N-ethyl adjacent to an activating group) is 1. The summed E-state index contributed by atoms with van der Waals surface area (Å²) in [6.07, 6.45) is 7.73. The molecule has 0 spiro atoms. The van der Waals surface area contributed by atoms with E-state index < -0.39 is 29.4 Å².